The van der Waals surface area contributed by atoms with Gasteiger partial charge in [-0.1, -0.05) is 110 Å². The van der Waals surface area contributed by atoms with Gasteiger partial charge in [-0.15, -0.1) is 0 Å². The third kappa shape index (κ3) is 48.7. The van der Waals surface area contributed by atoms with Crippen LogP contribution in [0.2, 0.25) is 0 Å². The molecule has 9 atom stereocenters. The van der Waals surface area contributed by atoms with Crippen LogP contribution in [0.15, 0.2) is 60.8 Å². The molecule has 27 N–H and O–H groups in total. The van der Waals surface area contributed by atoms with Crippen molar-refractivity contribution in [1.82, 2.24) is 10.3 Å². The van der Waals surface area contributed by atoms with Gasteiger partial charge >= 0.3 is 53.7 Å². The number of fused-ring (bicyclic) bond motifs is 1. The summed E-state index contributed by atoms with van der Waals surface area (Å²) in [6.07, 6.45) is 6.79. The molecule has 0 spiro atoms. The molecule has 470 valence electrons. The van der Waals surface area contributed by atoms with E-state index >= 15 is 0 Å². The third-order valence-electron chi connectivity index (χ3n) is 10.6. The Labute approximate surface area is 479 Å². The standard InChI is InChI=1S/C11H12N2O2.C9H11NO2.4C6H13NO2.C5H9NO2.C3H7NO2.C2H5NO2/c12-9(11(14)15)5-7-6-13-10-4-2-1-3-8(7)10;10-8(9(11)12)6-7-4-2-1-3-5-7;3*1-4(2)3-5(7)6(8)9;1-3-4(2)5(7)6(8)9;7-5(8)4-2-1-3-6-4;1-2(4)3(5)6;3-1-2(4)5/h1-4,6,9,13H,5,12H2,(H,14,15);1-5,8H,6,10H2,(H,11,12);4*4-5H,3,7H2,1-2H3,(H,8,9);4,6H,1-3H2,(H,7,8);2H,4H2,1H3,(H,5,6);1,3H2,(H,4,5)/t9-;8-;3*5-;4-,5-;4-;2-;/m00000000./s1. The maximum absolute atomic E-state index is 10.6. The molecule has 2 heterocycles. The number of H-pyrrole nitrogens is 1. The number of hydrogen-bond donors (Lipinski definition) is 19. The van der Waals surface area contributed by atoms with Crippen molar-refractivity contribution < 1.29 is 89.1 Å². The molecule has 1 aliphatic rings. The van der Waals surface area contributed by atoms with Crippen molar-refractivity contribution in [3.05, 3.63) is 71.9 Å². The van der Waals surface area contributed by atoms with E-state index in [2.05, 4.69) is 16.0 Å². The summed E-state index contributed by atoms with van der Waals surface area (Å²) in [7, 11) is 0. The van der Waals surface area contributed by atoms with E-state index in [4.69, 9.17) is 86.1 Å². The van der Waals surface area contributed by atoms with Gasteiger partial charge in [-0.3, -0.25) is 43.2 Å². The Morgan fingerprint density at radius 1 is 0.524 bits per heavy atom. The van der Waals surface area contributed by atoms with Crippen molar-refractivity contribution in [3.63, 3.8) is 0 Å². The quantitative estimate of drug-likeness (QED) is 0.0723. The van der Waals surface area contributed by atoms with Crippen molar-refractivity contribution in [2.75, 3.05) is 13.1 Å². The van der Waals surface area contributed by atoms with Crippen molar-refractivity contribution in [1.29, 1.82) is 0 Å². The summed E-state index contributed by atoms with van der Waals surface area (Å²) in [6, 6.07) is 11.7. The molecule has 1 aliphatic heterocycles. The highest BCUT2D eigenvalue weighted by molar-refractivity contribution is 5.84. The summed E-state index contributed by atoms with van der Waals surface area (Å²) in [4.78, 5) is 93.5. The molecule has 0 amide bonds. The zero-order valence-corrected chi connectivity index (χ0v) is 48.6. The molecule has 1 fully saturated rings. The molecule has 82 heavy (non-hydrogen) atoms. The highest BCUT2D eigenvalue weighted by Crippen LogP contribution is 2.18. The molecule has 28 heteroatoms. The van der Waals surface area contributed by atoms with Gasteiger partial charge in [0.15, 0.2) is 0 Å². The van der Waals surface area contributed by atoms with Crippen molar-refractivity contribution in [2.24, 2.45) is 69.5 Å². The van der Waals surface area contributed by atoms with Gasteiger partial charge < -0.3 is 102 Å². The predicted octanol–water partition coefficient (Wildman–Crippen LogP) is 1.81. The first-order valence-electron chi connectivity index (χ1n) is 26.2. The van der Waals surface area contributed by atoms with Gasteiger partial charge in [0, 0.05) is 23.5 Å². The van der Waals surface area contributed by atoms with Crippen molar-refractivity contribution in [2.45, 2.75) is 162 Å². The Balaban J connectivity index is -0.000000276. The highest BCUT2D eigenvalue weighted by atomic mass is 16.4. The Hall–Kier alpha value is -7.15. The number of hydrogen-bond acceptors (Lipinski definition) is 18. The SMILES string of the molecule is CC(C)C[C@H](N)C(=O)O.CC(C)C[C@H](N)C(=O)O.CC(C)C[C@H](N)C(=O)O.CC[C@H](C)[C@H](N)C(=O)O.C[C@H](N)C(=O)O.NCC(=O)O.N[C@@H](Cc1c[nH]c2ccccc12)C(=O)O.N[C@@H](Cc1ccccc1)C(=O)O.O=C(O)[C@@H]1CCCN1. The lowest BCUT2D eigenvalue weighted by Crippen LogP contribution is -2.36. The molecule has 0 saturated carbocycles. The number of aliphatic carboxylic acids is 9. The Bertz CT molecular complexity index is 2200. The van der Waals surface area contributed by atoms with Gasteiger partial charge in [0.2, 0.25) is 0 Å². The number of aromatic amines is 1. The molecule has 28 nitrogen and oxygen atoms in total. The zero-order chi connectivity index (χ0) is 65.0. The Kier molecular flexibility index (Phi) is 49.5. The van der Waals surface area contributed by atoms with Crippen LogP contribution in [0.3, 0.4) is 0 Å². The van der Waals surface area contributed by atoms with Gasteiger partial charge in [0.05, 0.1) is 6.54 Å². The second-order valence-corrected chi connectivity index (χ2v) is 19.8. The minimum absolute atomic E-state index is 0.0718. The highest BCUT2D eigenvalue weighted by Gasteiger charge is 2.21. The largest absolute Gasteiger partial charge is 0.480 e. The fraction of sp³-hybridized carbons (Fsp3) is 0.574. The van der Waals surface area contributed by atoms with E-state index in [1.807, 2.05) is 116 Å². The predicted molar refractivity (Wildman–Crippen MR) is 310 cm³/mol. The smallest absolute Gasteiger partial charge is 0.320 e. The summed E-state index contributed by atoms with van der Waals surface area (Å²) < 4.78 is 0. The molecule has 0 unspecified atom stereocenters. The van der Waals surface area contributed by atoms with E-state index in [1.54, 1.807) is 0 Å². The first kappa shape index (κ1) is 83.7. The summed E-state index contributed by atoms with van der Waals surface area (Å²) in [6.45, 7) is 17.4. The molecule has 1 saturated heterocycles. The first-order valence-corrected chi connectivity index (χ1v) is 26.2. The van der Waals surface area contributed by atoms with Gasteiger partial charge in [-0.25, -0.2) is 0 Å². The summed E-state index contributed by atoms with van der Waals surface area (Å²) in [5.41, 5.74) is 44.1. The number of carbonyl (C=O) groups is 9. The van der Waals surface area contributed by atoms with Crippen LogP contribution >= 0.6 is 0 Å². The van der Waals surface area contributed by atoms with E-state index < -0.39 is 96.0 Å². The van der Waals surface area contributed by atoms with Crippen LogP contribution in [0.4, 0.5) is 0 Å². The molecule has 3 aromatic rings. The molecule has 1 aromatic heterocycles. The van der Waals surface area contributed by atoms with Gasteiger partial charge in [0.1, 0.15) is 48.3 Å². The summed E-state index contributed by atoms with van der Waals surface area (Å²) >= 11 is 0. The zero-order valence-electron chi connectivity index (χ0n) is 48.6. The monoisotopic (exact) mass is 1170 g/mol. The number of rotatable bonds is 21. The fourth-order valence-corrected chi connectivity index (χ4v) is 5.80. The number of para-hydroxylation sites is 1. The Morgan fingerprint density at radius 2 is 0.890 bits per heavy atom. The fourth-order valence-electron chi connectivity index (χ4n) is 5.80. The van der Waals surface area contributed by atoms with Crippen LogP contribution in [0.1, 0.15) is 112 Å². The van der Waals surface area contributed by atoms with Crippen molar-refractivity contribution in [3.8, 4) is 0 Å². The lowest BCUT2D eigenvalue weighted by Gasteiger charge is -2.11. The normalized spacial score (nSPS) is 14.8. The van der Waals surface area contributed by atoms with Crippen LogP contribution in [0, 0.1) is 23.7 Å². The van der Waals surface area contributed by atoms with Crippen LogP contribution < -0.4 is 51.2 Å². The molecule has 0 bridgehead atoms. The number of benzene rings is 2. The minimum Gasteiger partial charge on any atom is -0.480 e. The summed E-state index contributed by atoms with van der Waals surface area (Å²) in [5, 5.41) is 78.2. The van der Waals surface area contributed by atoms with Crippen molar-refractivity contribution >= 4 is 64.6 Å². The van der Waals surface area contributed by atoms with Crippen LogP contribution in [0.25, 0.3) is 10.9 Å². The second-order valence-electron chi connectivity index (χ2n) is 19.8. The van der Waals surface area contributed by atoms with Crippen LogP contribution in [-0.4, -0.2) is 166 Å². The Morgan fingerprint density at radius 3 is 1.15 bits per heavy atom. The molecular weight excluding hydrogens is 1080 g/mol. The molecule has 4 rings (SSSR count). The maximum atomic E-state index is 10.6. The molecule has 0 radical (unpaired) electrons. The number of carboxylic acids is 9. The van der Waals surface area contributed by atoms with E-state index in [0.29, 0.717) is 49.9 Å². The van der Waals surface area contributed by atoms with E-state index in [1.165, 1.54) is 6.92 Å². The number of nitrogens with two attached hydrogens (primary N) is 8. The van der Waals surface area contributed by atoms with Gasteiger partial charge in [-0.05, 0) is 92.9 Å². The molecular formula is C54H96N10O18. The second kappa shape index (κ2) is 48.5. The first-order chi connectivity index (χ1) is 37.8. The molecule has 0 aliphatic carbocycles. The molecule has 2 aromatic carbocycles. The maximum Gasteiger partial charge on any atom is 0.320 e. The lowest BCUT2D eigenvalue weighted by molar-refractivity contribution is -0.140. The number of carboxylic acid groups (broad SMARTS) is 9. The topological polar surface area (TPSA) is 572 Å². The van der Waals surface area contributed by atoms with E-state index in [9.17, 15) is 43.2 Å². The average Bonchev–Trinajstić information content (AvgIpc) is 4.09. The number of nitrogens with one attached hydrogen (secondary N) is 2. The van der Waals surface area contributed by atoms with E-state index in [0.717, 1.165) is 47.8 Å². The third-order valence-corrected chi connectivity index (χ3v) is 10.6. The lowest BCUT2D eigenvalue weighted by atomic mass is 10.0. The average molecular weight is 1170 g/mol. The van der Waals surface area contributed by atoms with E-state index in [-0.39, 0.29) is 18.5 Å². The summed E-state index contributed by atoms with van der Waals surface area (Å²) in [5.74, 6) is -7.09. The van der Waals surface area contributed by atoms with Crippen LogP contribution in [0.5, 0.6) is 0 Å². The number of aromatic nitrogens is 1. The van der Waals surface area contributed by atoms with Gasteiger partial charge in [0.25, 0.3) is 0 Å². The van der Waals surface area contributed by atoms with Crippen LogP contribution in [-0.2, 0) is 56.0 Å². The minimum atomic E-state index is -0.972. The van der Waals surface area contributed by atoms with Gasteiger partial charge in [-0.2, -0.15) is 0 Å².